The van der Waals surface area contributed by atoms with Crippen LogP contribution in [0.1, 0.15) is 27.2 Å². The average molecular weight is 474 g/mol. The number of carbonyl (C=O) groups excluding carboxylic acids is 1. The third-order valence-corrected chi connectivity index (χ3v) is 4.81. The number of carbonyl (C=O) groups is 1. The lowest BCUT2D eigenvalue weighted by Crippen LogP contribution is -2.32. The number of benzene rings is 2. The minimum atomic E-state index is -1.34. The molecule has 0 unspecified atom stereocenters. The zero-order valence-electron chi connectivity index (χ0n) is 19.6. The van der Waals surface area contributed by atoms with E-state index in [4.69, 9.17) is 9.47 Å². The van der Waals surface area contributed by atoms with Gasteiger partial charge in [0.1, 0.15) is 35.5 Å². The number of ether oxygens (including phenoxy) is 2. The van der Waals surface area contributed by atoms with Gasteiger partial charge in [-0.25, -0.2) is 23.5 Å². The first-order chi connectivity index (χ1) is 16.1. The fraction of sp³-hybridized carbons (Fsp3) is 0.375. The summed E-state index contributed by atoms with van der Waals surface area (Å²) < 4.78 is 39.1. The number of alkyl halides is 1. The Morgan fingerprint density at radius 3 is 2.53 bits per heavy atom. The van der Waals surface area contributed by atoms with Crippen molar-refractivity contribution >= 4 is 34.1 Å². The molecule has 2 aromatic carbocycles. The molecule has 0 saturated carbocycles. The summed E-state index contributed by atoms with van der Waals surface area (Å²) in [5.41, 5.74) is 0.234. The Morgan fingerprint density at radius 2 is 1.85 bits per heavy atom. The molecule has 0 bridgehead atoms. The maximum Gasteiger partial charge on any atom is 0.319 e. The van der Waals surface area contributed by atoms with Gasteiger partial charge in [-0.3, -0.25) is 0 Å². The van der Waals surface area contributed by atoms with Crippen LogP contribution in [0.3, 0.4) is 0 Å². The number of halogens is 2. The maximum absolute atomic E-state index is 14.9. The summed E-state index contributed by atoms with van der Waals surface area (Å²) >= 11 is 0. The van der Waals surface area contributed by atoms with Gasteiger partial charge < -0.3 is 25.4 Å². The van der Waals surface area contributed by atoms with Crippen molar-refractivity contribution in [1.82, 2.24) is 15.3 Å². The van der Waals surface area contributed by atoms with Crippen molar-refractivity contribution in [3.63, 3.8) is 0 Å². The first-order valence-corrected chi connectivity index (χ1v) is 10.9. The fourth-order valence-corrected chi connectivity index (χ4v) is 3.20. The average Bonchev–Trinajstić information content (AvgIpc) is 2.74. The molecule has 0 aliphatic heterocycles. The highest BCUT2D eigenvalue weighted by molar-refractivity contribution is 5.92. The minimum Gasteiger partial charge on any atom is -0.488 e. The first kappa shape index (κ1) is 25.1. The Morgan fingerprint density at radius 1 is 1.15 bits per heavy atom. The predicted octanol–water partition coefficient (Wildman–Crippen LogP) is 5.19. The zero-order valence-corrected chi connectivity index (χ0v) is 19.6. The normalized spacial score (nSPS) is 12.3. The number of nitrogens with zero attached hydrogens (tertiary/aromatic N) is 2. The molecular formula is C24H29F2N5O3. The van der Waals surface area contributed by atoms with Gasteiger partial charge in [0, 0.05) is 37.2 Å². The number of nitrogens with one attached hydrogen (secondary N) is 3. The molecule has 2 amide bonds. The highest BCUT2D eigenvalue weighted by Gasteiger charge is 2.16. The van der Waals surface area contributed by atoms with Crippen LogP contribution in [-0.4, -0.2) is 48.0 Å². The van der Waals surface area contributed by atoms with Crippen molar-refractivity contribution in [1.29, 1.82) is 0 Å². The van der Waals surface area contributed by atoms with E-state index in [2.05, 4.69) is 25.9 Å². The molecule has 1 heterocycles. The predicted molar refractivity (Wildman–Crippen MR) is 128 cm³/mol. The molecule has 34 heavy (non-hydrogen) atoms. The second kappa shape index (κ2) is 11.1. The van der Waals surface area contributed by atoms with Crippen LogP contribution in [-0.2, 0) is 4.74 Å². The number of rotatable bonds is 10. The van der Waals surface area contributed by atoms with Crippen LogP contribution in [0.25, 0.3) is 10.9 Å². The van der Waals surface area contributed by atoms with Crippen LogP contribution in [0, 0.1) is 5.82 Å². The Balaban J connectivity index is 1.67. The molecule has 3 rings (SSSR count). The smallest absolute Gasteiger partial charge is 0.319 e. The van der Waals surface area contributed by atoms with Crippen LogP contribution in [0.15, 0.2) is 42.7 Å². The monoisotopic (exact) mass is 473 g/mol. The topological polar surface area (TPSA) is 97.4 Å². The summed E-state index contributed by atoms with van der Waals surface area (Å²) in [6.45, 7) is 5.34. The molecule has 1 aromatic heterocycles. The van der Waals surface area contributed by atoms with Gasteiger partial charge in [0.05, 0.1) is 17.5 Å². The number of hydrogen-bond acceptors (Lipinski definition) is 6. The van der Waals surface area contributed by atoms with E-state index >= 15 is 0 Å². The molecule has 3 N–H and O–H groups in total. The van der Waals surface area contributed by atoms with Gasteiger partial charge in [-0.05, 0) is 51.5 Å². The van der Waals surface area contributed by atoms with Crippen molar-refractivity contribution in [3.8, 4) is 5.75 Å². The number of aromatic nitrogens is 2. The zero-order chi connectivity index (χ0) is 24.7. The highest BCUT2D eigenvalue weighted by Crippen LogP contribution is 2.30. The molecule has 0 spiro atoms. The van der Waals surface area contributed by atoms with Crippen LogP contribution >= 0.6 is 0 Å². The molecule has 1 atom stereocenters. The van der Waals surface area contributed by atoms with Gasteiger partial charge in [0.25, 0.3) is 0 Å². The second-order valence-electron chi connectivity index (χ2n) is 8.46. The van der Waals surface area contributed by atoms with Crippen LogP contribution in [0.2, 0.25) is 0 Å². The van der Waals surface area contributed by atoms with E-state index in [1.807, 2.05) is 6.92 Å². The molecule has 3 aromatic rings. The van der Waals surface area contributed by atoms with Crippen molar-refractivity contribution in [2.75, 3.05) is 30.9 Å². The molecule has 0 aliphatic rings. The third-order valence-electron chi connectivity index (χ3n) is 4.81. The van der Waals surface area contributed by atoms with E-state index in [0.717, 1.165) is 0 Å². The first-order valence-electron chi connectivity index (χ1n) is 10.9. The lowest BCUT2D eigenvalue weighted by Gasteiger charge is -2.15. The molecule has 0 saturated heterocycles. The second-order valence-corrected chi connectivity index (χ2v) is 8.46. The molecular weight excluding hydrogens is 444 g/mol. The summed E-state index contributed by atoms with van der Waals surface area (Å²) in [6.07, 6.45) is 1.31. The Hall–Kier alpha value is -3.53. The summed E-state index contributed by atoms with van der Waals surface area (Å²) in [4.78, 5) is 20.3. The lowest BCUT2D eigenvalue weighted by atomic mass is 10.1. The third kappa shape index (κ3) is 7.24. The van der Waals surface area contributed by atoms with Crippen LogP contribution in [0.4, 0.5) is 30.8 Å². The molecule has 0 fully saturated rings. The van der Waals surface area contributed by atoms with Crippen LogP contribution < -0.4 is 20.7 Å². The van der Waals surface area contributed by atoms with E-state index in [1.165, 1.54) is 26.2 Å². The molecule has 10 heteroatoms. The van der Waals surface area contributed by atoms with Crippen molar-refractivity contribution in [2.45, 2.75) is 39.0 Å². The molecule has 182 valence electrons. The number of hydrogen-bond donors (Lipinski definition) is 3. The van der Waals surface area contributed by atoms with Gasteiger partial charge >= 0.3 is 6.03 Å². The summed E-state index contributed by atoms with van der Waals surface area (Å²) in [7, 11) is 1.57. The number of methoxy groups -OCH3 is 1. The SMILES string of the molecule is COC[C@H](C)Oc1cc(F)c2c(Nc3ccc(NC(=O)NCCC(C)(C)F)cc3)ncnc2c1. The van der Waals surface area contributed by atoms with E-state index in [9.17, 15) is 13.6 Å². The van der Waals surface area contributed by atoms with E-state index in [1.54, 1.807) is 37.4 Å². The van der Waals surface area contributed by atoms with Gasteiger partial charge in [0.15, 0.2) is 0 Å². The highest BCUT2D eigenvalue weighted by atomic mass is 19.1. The standard InChI is InChI=1S/C24H29F2N5O3/c1-15(13-33-4)34-18-11-19(25)21-20(12-18)28-14-29-22(21)30-16-5-7-17(8-6-16)31-23(32)27-10-9-24(2,3)26/h5-8,11-12,14-15H,9-10,13H2,1-4H3,(H2,27,31,32)(H,28,29,30)/t15-/m0/s1. The van der Waals surface area contributed by atoms with E-state index in [-0.39, 0.29) is 24.5 Å². The number of amides is 2. The van der Waals surface area contributed by atoms with Gasteiger partial charge in [-0.1, -0.05) is 0 Å². The number of fused-ring (bicyclic) bond motifs is 1. The van der Waals surface area contributed by atoms with Gasteiger partial charge in [-0.15, -0.1) is 0 Å². The van der Waals surface area contributed by atoms with Crippen LogP contribution in [0.5, 0.6) is 5.75 Å². The largest absolute Gasteiger partial charge is 0.488 e. The number of urea groups is 1. The van der Waals surface area contributed by atoms with E-state index < -0.39 is 17.5 Å². The summed E-state index contributed by atoms with van der Waals surface area (Å²) in [5.74, 6) is 0.126. The summed E-state index contributed by atoms with van der Waals surface area (Å²) in [6, 6.07) is 9.32. The molecule has 0 radical (unpaired) electrons. The Labute approximate surface area is 197 Å². The quantitative estimate of drug-likeness (QED) is 0.375. The Kier molecular flexibility index (Phi) is 8.17. The lowest BCUT2D eigenvalue weighted by molar-refractivity contribution is 0.0920. The summed E-state index contributed by atoms with van der Waals surface area (Å²) in [5, 5.41) is 8.60. The van der Waals surface area contributed by atoms with Gasteiger partial charge in [0.2, 0.25) is 0 Å². The van der Waals surface area contributed by atoms with Crippen molar-refractivity contribution in [3.05, 3.63) is 48.5 Å². The number of anilines is 3. The van der Waals surface area contributed by atoms with Crippen molar-refractivity contribution in [2.24, 2.45) is 0 Å². The Bertz CT molecular complexity index is 1120. The molecule has 8 nitrogen and oxygen atoms in total. The van der Waals surface area contributed by atoms with E-state index in [0.29, 0.717) is 35.1 Å². The minimum absolute atomic E-state index is 0.215. The molecule has 0 aliphatic carbocycles. The van der Waals surface area contributed by atoms with Gasteiger partial charge in [-0.2, -0.15) is 0 Å². The van der Waals surface area contributed by atoms with Crippen molar-refractivity contribution < 1.29 is 23.0 Å². The maximum atomic E-state index is 14.9. The fourth-order valence-electron chi connectivity index (χ4n) is 3.20.